The van der Waals surface area contributed by atoms with Crippen molar-refractivity contribution < 1.29 is 9.59 Å². The second kappa shape index (κ2) is 7.59. The SMILES string of the molecule is CCCC(C)(N)C(=O)Nc1cccc(C(=O)N2CCCCC2)c1. The number of nitrogens with two attached hydrogens (primary N) is 1. The minimum absolute atomic E-state index is 0.0323. The van der Waals surface area contributed by atoms with Gasteiger partial charge in [-0.15, -0.1) is 0 Å². The fourth-order valence-corrected chi connectivity index (χ4v) is 2.92. The van der Waals surface area contributed by atoms with Gasteiger partial charge < -0.3 is 16.0 Å². The molecule has 126 valence electrons. The molecule has 2 amide bonds. The van der Waals surface area contributed by atoms with Gasteiger partial charge in [-0.1, -0.05) is 19.4 Å². The van der Waals surface area contributed by atoms with Crippen LogP contribution in [-0.4, -0.2) is 35.3 Å². The van der Waals surface area contributed by atoms with Gasteiger partial charge in [0.05, 0.1) is 5.54 Å². The maximum atomic E-state index is 12.5. The van der Waals surface area contributed by atoms with E-state index in [1.807, 2.05) is 11.8 Å². The molecule has 5 nitrogen and oxygen atoms in total. The fourth-order valence-electron chi connectivity index (χ4n) is 2.92. The number of hydrogen-bond acceptors (Lipinski definition) is 3. The molecule has 1 unspecified atom stereocenters. The topological polar surface area (TPSA) is 75.4 Å². The average Bonchev–Trinajstić information content (AvgIpc) is 2.55. The number of amides is 2. The number of nitrogens with zero attached hydrogens (tertiary/aromatic N) is 1. The van der Waals surface area contributed by atoms with Crippen LogP contribution in [0.3, 0.4) is 0 Å². The van der Waals surface area contributed by atoms with Gasteiger partial charge in [-0.3, -0.25) is 9.59 Å². The van der Waals surface area contributed by atoms with Crippen molar-refractivity contribution in [2.45, 2.75) is 51.5 Å². The number of rotatable bonds is 5. The molecule has 0 aliphatic carbocycles. The summed E-state index contributed by atoms with van der Waals surface area (Å²) in [5.41, 5.74) is 6.37. The molecular weight excluding hydrogens is 290 g/mol. The van der Waals surface area contributed by atoms with Gasteiger partial charge in [-0.25, -0.2) is 0 Å². The number of benzene rings is 1. The summed E-state index contributed by atoms with van der Waals surface area (Å²) in [6.07, 6.45) is 4.76. The van der Waals surface area contributed by atoms with E-state index in [4.69, 9.17) is 5.73 Å². The quantitative estimate of drug-likeness (QED) is 0.877. The molecular formula is C18H27N3O2. The highest BCUT2D eigenvalue weighted by atomic mass is 16.2. The Morgan fingerprint density at radius 1 is 1.26 bits per heavy atom. The number of likely N-dealkylation sites (tertiary alicyclic amines) is 1. The summed E-state index contributed by atoms with van der Waals surface area (Å²) in [7, 11) is 0. The molecule has 1 aromatic carbocycles. The molecule has 1 atom stereocenters. The van der Waals surface area contributed by atoms with Gasteiger partial charge in [0.25, 0.3) is 5.91 Å². The first-order chi connectivity index (χ1) is 10.9. The van der Waals surface area contributed by atoms with E-state index in [1.165, 1.54) is 6.42 Å². The third-order valence-electron chi connectivity index (χ3n) is 4.30. The number of anilines is 1. The maximum Gasteiger partial charge on any atom is 0.253 e. The van der Waals surface area contributed by atoms with E-state index in [1.54, 1.807) is 31.2 Å². The lowest BCUT2D eigenvalue weighted by atomic mass is 9.96. The molecule has 1 heterocycles. The Labute approximate surface area is 138 Å². The van der Waals surface area contributed by atoms with Crippen molar-refractivity contribution in [2.75, 3.05) is 18.4 Å². The van der Waals surface area contributed by atoms with Crippen LogP contribution in [0.1, 0.15) is 56.3 Å². The minimum atomic E-state index is -0.901. The number of nitrogens with one attached hydrogen (secondary N) is 1. The zero-order chi connectivity index (χ0) is 16.9. The lowest BCUT2D eigenvalue weighted by Gasteiger charge is -2.27. The summed E-state index contributed by atoms with van der Waals surface area (Å²) < 4.78 is 0. The second-order valence-electron chi connectivity index (χ2n) is 6.56. The molecule has 0 spiro atoms. The van der Waals surface area contributed by atoms with Crippen LogP contribution in [0.25, 0.3) is 0 Å². The standard InChI is InChI=1S/C18H27N3O2/c1-3-10-18(2,19)17(23)20-15-9-7-8-14(13-15)16(22)21-11-5-4-6-12-21/h7-9,13H,3-6,10-12,19H2,1-2H3,(H,20,23). The first-order valence-corrected chi connectivity index (χ1v) is 8.44. The molecule has 1 aliphatic rings. The molecule has 5 heteroatoms. The zero-order valence-corrected chi connectivity index (χ0v) is 14.1. The molecule has 1 aliphatic heterocycles. The summed E-state index contributed by atoms with van der Waals surface area (Å²) in [6, 6.07) is 7.10. The predicted molar refractivity (Wildman–Crippen MR) is 92.3 cm³/mol. The highest BCUT2D eigenvalue weighted by molar-refractivity contribution is 6.00. The number of carbonyl (C=O) groups excluding carboxylic acids is 2. The third kappa shape index (κ3) is 4.55. The second-order valence-corrected chi connectivity index (χ2v) is 6.56. The van der Waals surface area contributed by atoms with E-state index in [2.05, 4.69) is 5.32 Å². The van der Waals surface area contributed by atoms with Crippen LogP contribution in [0.5, 0.6) is 0 Å². The Hall–Kier alpha value is -1.88. The van der Waals surface area contributed by atoms with Gasteiger partial charge in [0.2, 0.25) is 5.91 Å². The first kappa shape index (κ1) is 17.5. The van der Waals surface area contributed by atoms with Crippen LogP contribution in [0, 0.1) is 0 Å². The lowest BCUT2D eigenvalue weighted by Crippen LogP contribution is -2.48. The van der Waals surface area contributed by atoms with E-state index in [9.17, 15) is 9.59 Å². The summed E-state index contributed by atoms with van der Waals surface area (Å²) in [6.45, 7) is 5.35. The zero-order valence-electron chi connectivity index (χ0n) is 14.1. The monoisotopic (exact) mass is 317 g/mol. The predicted octanol–water partition coefficient (Wildman–Crippen LogP) is 2.77. The normalized spacial score (nSPS) is 17.4. The number of piperidine rings is 1. The lowest BCUT2D eigenvalue weighted by molar-refractivity contribution is -0.120. The molecule has 0 radical (unpaired) electrons. The van der Waals surface area contributed by atoms with Crippen molar-refractivity contribution in [1.82, 2.24) is 4.90 Å². The average molecular weight is 317 g/mol. The summed E-state index contributed by atoms with van der Waals surface area (Å²) in [4.78, 5) is 26.7. The van der Waals surface area contributed by atoms with Gasteiger partial charge in [-0.05, 0) is 50.8 Å². The van der Waals surface area contributed by atoms with Crippen LogP contribution in [0.4, 0.5) is 5.69 Å². The highest BCUT2D eigenvalue weighted by Gasteiger charge is 2.27. The van der Waals surface area contributed by atoms with E-state index in [0.717, 1.165) is 32.4 Å². The molecule has 3 N–H and O–H groups in total. The van der Waals surface area contributed by atoms with Crippen molar-refractivity contribution in [3.63, 3.8) is 0 Å². The Morgan fingerprint density at radius 2 is 1.96 bits per heavy atom. The van der Waals surface area contributed by atoms with Crippen molar-refractivity contribution in [3.8, 4) is 0 Å². The molecule has 0 bridgehead atoms. The number of carbonyl (C=O) groups is 2. The summed E-state index contributed by atoms with van der Waals surface area (Å²) in [5.74, 6) is -0.188. The van der Waals surface area contributed by atoms with Crippen LogP contribution >= 0.6 is 0 Å². The Balaban J connectivity index is 2.07. The maximum absolute atomic E-state index is 12.5. The van der Waals surface area contributed by atoms with Gasteiger partial charge >= 0.3 is 0 Å². The fraction of sp³-hybridized carbons (Fsp3) is 0.556. The van der Waals surface area contributed by atoms with Crippen LogP contribution in [0.15, 0.2) is 24.3 Å². The Bertz CT molecular complexity index is 563. The minimum Gasteiger partial charge on any atom is -0.339 e. The Kier molecular flexibility index (Phi) is 5.77. The van der Waals surface area contributed by atoms with Crippen molar-refractivity contribution in [1.29, 1.82) is 0 Å². The first-order valence-electron chi connectivity index (χ1n) is 8.44. The molecule has 1 fully saturated rings. The summed E-state index contributed by atoms with van der Waals surface area (Å²) >= 11 is 0. The van der Waals surface area contributed by atoms with E-state index in [0.29, 0.717) is 17.7 Å². The van der Waals surface area contributed by atoms with Crippen molar-refractivity contribution in [3.05, 3.63) is 29.8 Å². The van der Waals surface area contributed by atoms with Crippen molar-refractivity contribution >= 4 is 17.5 Å². The largest absolute Gasteiger partial charge is 0.339 e. The molecule has 1 aromatic rings. The number of hydrogen-bond donors (Lipinski definition) is 2. The van der Waals surface area contributed by atoms with Crippen molar-refractivity contribution in [2.24, 2.45) is 5.73 Å². The van der Waals surface area contributed by atoms with E-state index >= 15 is 0 Å². The van der Waals surface area contributed by atoms with E-state index < -0.39 is 5.54 Å². The molecule has 1 saturated heterocycles. The van der Waals surface area contributed by atoms with Gasteiger partial charge in [0, 0.05) is 24.3 Å². The molecule has 23 heavy (non-hydrogen) atoms. The smallest absolute Gasteiger partial charge is 0.253 e. The third-order valence-corrected chi connectivity index (χ3v) is 4.30. The van der Waals surface area contributed by atoms with Gasteiger partial charge in [-0.2, -0.15) is 0 Å². The molecule has 2 rings (SSSR count). The van der Waals surface area contributed by atoms with Crippen LogP contribution in [-0.2, 0) is 4.79 Å². The molecule has 0 aromatic heterocycles. The Morgan fingerprint density at radius 3 is 2.61 bits per heavy atom. The van der Waals surface area contributed by atoms with Gasteiger partial charge in [0.1, 0.15) is 0 Å². The highest BCUT2D eigenvalue weighted by Crippen LogP contribution is 2.18. The summed E-state index contributed by atoms with van der Waals surface area (Å²) in [5, 5.41) is 2.83. The van der Waals surface area contributed by atoms with Crippen LogP contribution < -0.4 is 11.1 Å². The van der Waals surface area contributed by atoms with Crippen LogP contribution in [0.2, 0.25) is 0 Å². The van der Waals surface area contributed by atoms with E-state index in [-0.39, 0.29) is 11.8 Å². The van der Waals surface area contributed by atoms with Gasteiger partial charge in [0.15, 0.2) is 0 Å². The molecule has 0 saturated carbocycles.